The van der Waals surface area contributed by atoms with Crippen molar-refractivity contribution >= 4 is 16.6 Å². The molecule has 3 heterocycles. The van der Waals surface area contributed by atoms with Crippen LogP contribution in [0.1, 0.15) is 48.0 Å². The van der Waals surface area contributed by atoms with Crippen molar-refractivity contribution in [3.8, 4) is 11.3 Å². The van der Waals surface area contributed by atoms with E-state index in [2.05, 4.69) is 45.6 Å². The number of hydrogen-bond donors (Lipinski definition) is 0. The minimum atomic E-state index is -0.248. The number of hydrogen-bond acceptors (Lipinski definition) is 5. The zero-order chi connectivity index (χ0) is 25.2. The van der Waals surface area contributed by atoms with E-state index < -0.39 is 0 Å². The van der Waals surface area contributed by atoms with Crippen molar-refractivity contribution in [1.82, 2.24) is 19.4 Å². The van der Waals surface area contributed by atoms with Crippen molar-refractivity contribution in [2.75, 3.05) is 20.6 Å². The molecule has 1 aliphatic rings. The summed E-state index contributed by atoms with van der Waals surface area (Å²) in [6.07, 6.45) is 6.88. The zero-order valence-electron chi connectivity index (χ0n) is 21.3. The number of rotatable bonds is 9. The van der Waals surface area contributed by atoms with Crippen LogP contribution in [0.15, 0.2) is 48.7 Å². The lowest BCUT2D eigenvalue weighted by molar-refractivity contribution is -0.385. The minimum Gasteiger partial charge on any atom is -0.344 e. The number of fused-ring (bicyclic) bond motifs is 3. The Bertz CT molecular complexity index is 1420. The van der Waals surface area contributed by atoms with Crippen molar-refractivity contribution in [1.29, 1.82) is 0 Å². The molecule has 7 nitrogen and oxygen atoms in total. The van der Waals surface area contributed by atoms with Crippen molar-refractivity contribution in [3.63, 3.8) is 0 Å². The number of aryl methyl sites for hydroxylation is 3. The van der Waals surface area contributed by atoms with E-state index in [-0.39, 0.29) is 10.6 Å². The van der Waals surface area contributed by atoms with E-state index in [0.717, 1.165) is 61.2 Å². The Morgan fingerprint density at radius 1 is 1.11 bits per heavy atom. The van der Waals surface area contributed by atoms with Crippen LogP contribution in [-0.2, 0) is 32.2 Å². The molecule has 0 bridgehead atoms. The summed E-state index contributed by atoms with van der Waals surface area (Å²) in [6, 6.07) is 14.3. The largest absolute Gasteiger partial charge is 0.344 e. The fourth-order valence-electron chi connectivity index (χ4n) is 5.53. The first-order valence-corrected chi connectivity index (χ1v) is 12.8. The van der Waals surface area contributed by atoms with E-state index in [9.17, 15) is 10.1 Å². The third kappa shape index (κ3) is 4.63. The third-order valence-electron chi connectivity index (χ3n) is 7.21. The summed E-state index contributed by atoms with van der Waals surface area (Å²) in [4.78, 5) is 23.3. The number of benzene rings is 2. The lowest BCUT2D eigenvalue weighted by Crippen LogP contribution is -2.14. The first kappa shape index (κ1) is 24.1. The summed E-state index contributed by atoms with van der Waals surface area (Å²) >= 11 is 0. The van der Waals surface area contributed by atoms with E-state index in [1.54, 1.807) is 6.07 Å². The number of para-hydroxylation sites is 1. The highest BCUT2D eigenvalue weighted by molar-refractivity contribution is 5.97. The molecule has 1 aliphatic heterocycles. The first-order chi connectivity index (χ1) is 17.5. The van der Waals surface area contributed by atoms with Gasteiger partial charge in [-0.25, -0.2) is 9.97 Å². The fourth-order valence-corrected chi connectivity index (χ4v) is 5.53. The Morgan fingerprint density at radius 3 is 2.72 bits per heavy atom. The average molecular weight is 484 g/mol. The maximum absolute atomic E-state index is 11.9. The standard InChI is InChI=1S/C29H33N5O2/c1-4-20-17-21(9-7-15-32(2)3)27(34(35)36)18-22(20)19-28-30-14-13-24(31-28)29-23-10-5-6-11-25(23)33-16-8-12-26(29)33/h5-6,10-11,13-14,17-18H,4,7-9,12,15-16,19H2,1-3H3. The molecule has 186 valence electrons. The lowest BCUT2D eigenvalue weighted by atomic mass is 9.95. The van der Waals surface area contributed by atoms with Crippen LogP contribution in [0.5, 0.6) is 0 Å². The molecule has 0 fully saturated rings. The smallest absolute Gasteiger partial charge is 0.272 e. The van der Waals surface area contributed by atoms with Gasteiger partial charge in [0, 0.05) is 53.0 Å². The second-order valence-corrected chi connectivity index (χ2v) is 9.90. The molecule has 0 amide bonds. The van der Waals surface area contributed by atoms with Gasteiger partial charge in [0.2, 0.25) is 0 Å². The van der Waals surface area contributed by atoms with Gasteiger partial charge in [0.1, 0.15) is 5.82 Å². The molecule has 7 heteroatoms. The van der Waals surface area contributed by atoms with Gasteiger partial charge in [-0.1, -0.05) is 25.1 Å². The summed E-state index contributed by atoms with van der Waals surface area (Å²) in [5.41, 5.74) is 7.81. The number of nitro groups is 1. The SMILES string of the molecule is CCc1cc(CCCN(C)C)c([N+](=O)[O-])cc1Cc1nccc(-c2c3n(c4ccccc24)CCC3)n1. The maximum Gasteiger partial charge on any atom is 0.272 e. The number of aromatic nitrogens is 3. The summed E-state index contributed by atoms with van der Waals surface area (Å²) in [5, 5.41) is 13.2. The molecule has 0 saturated carbocycles. The van der Waals surface area contributed by atoms with Crippen LogP contribution in [0.4, 0.5) is 5.69 Å². The van der Waals surface area contributed by atoms with Crippen LogP contribution >= 0.6 is 0 Å². The van der Waals surface area contributed by atoms with Crippen LogP contribution < -0.4 is 0 Å². The van der Waals surface area contributed by atoms with Crippen LogP contribution in [0.2, 0.25) is 0 Å². The lowest BCUT2D eigenvalue weighted by Gasteiger charge is -2.13. The van der Waals surface area contributed by atoms with Gasteiger partial charge in [0.15, 0.2) is 0 Å². The molecular weight excluding hydrogens is 450 g/mol. The van der Waals surface area contributed by atoms with Crippen LogP contribution in [0.25, 0.3) is 22.2 Å². The predicted molar refractivity (Wildman–Crippen MR) is 143 cm³/mol. The molecule has 0 radical (unpaired) electrons. The predicted octanol–water partition coefficient (Wildman–Crippen LogP) is 5.60. The van der Waals surface area contributed by atoms with E-state index in [1.807, 2.05) is 32.4 Å². The molecule has 5 rings (SSSR count). The van der Waals surface area contributed by atoms with Crippen LogP contribution in [0, 0.1) is 10.1 Å². The van der Waals surface area contributed by atoms with Gasteiger partial charge in [-0.05, 0) is 82.1 Å². The molecule has 4 aromatic rings. The summed E-state index contributed by atoms with van der Waals surface area (Å²) in [6.45, 7) is 4.04. The number of nitro benzene ring substituents is 1. The quantitative estimate of drug-likeness (QED) is 0.229. The van der Waals surface area contributed by atoms with Gasteiger partial charge in [-0.2, -0.15) is 0 Å². The topological polar surface area (TPSA) is 77.1 Å². The average Bonchev–Trinajstić information content (AvgIpc) is 3.45. The van der Waals surface area contributed by atoms with E-state index in [1.165, 1.54) is 22.2 Å². The molecule has 2 aromatic carbocycles. The van der Waals surface area contributed by atoms with E-state index in [4.69, 9.17) is 4.98 Å². The van der Waals surface area contributed by atoms with Gasteiger partial charge in [0.05, 0.1) is 10.6 Å². The highest BCUT2D eigenvalue weighted by atomic mass is 16.6. The van der Waals surface area contributed by atoms with Crippen molar-refractivity contribution in [3.05, 3.63) is 87.0 Å². The van der Waals surface area contributed by atoms with E-state index >= 15 is 0 Å². The van der Waals surface area contributed by atoms with Crippen molar-refractivity contribution in [2.24, 2.45) is 0 Å². The highest BCUT2D eigenvalue weighted by Gasteiger charge is 2.23. The Kier molecular flexibility index (Phi) is 6.83. The Labute approximate surface area is 212 Å². The highest BCUT2D eigenvalue weighted by Crippen LogP contribution is 2.37. The van der Waals surface area contributed by atoms with Gasteiger partial charge in [-0.3, -0.25) is 10.1 Å². The van der Waals surface area contributed by atoms with Crippen LogP contribution in [-0.4, -0.2) is 45.0 Å². The monoisotopic (exact) mass is 483 g/mol. The molecule has 2 aromatic heterocycles. The summed E-state index contributed by atoms with van der Waals surface area (Å²) in [7, 11) is 4.04. The molecule has 0 N–H and O–H groups in total. The summed E-state index contributed by atoms with van der Waals surface area (Å²) < 4.78 is 2.42. The molecule has 0 saturated heterocycles. The first-order valence-electron chi connectivity index (χ1n) is 12.8. The third-order valence-corrected chi connectivity index (χ3v) is 7.21. The van der Waals surface area contributed by atoms with Crippen LogP contribution in [0.3, 0.4) is 0 Å². The molecule has 36 heavy (non-hydrogen) atoms. The molecular formula is C29H33N5O2. The van der Waals surface area contributed by atoms with Gasteiger partial charge < -0.3 is 9.47 Å². The summed E-state index contributed by atoms with van der Waals surface area (Å²) in [5.74, 6) is 0.693. The van der Waals surface area contributed by atoms with Crippen molar-refractivity contribution in [2.45, 2.75) is 52.0 Å². The molecule has 0 atom stereocenters. The maximum atomic E-state index is 11.9. The van der Waals surface area contributed by atoms with Gasteiger partial charge in [-0.15, -0.1) is 0 Å². The second kappa shape index (κ2) is 10.2. The Balaban J connectivity index is 1.50. The Hall–Kier alpha value is -3.58. The fraction of sp³-hybridized carbons (Fsp3) is 0.379. The molecule has 0 unspecified atom stereocenters. The zero-order valence-corrected chi connectivity index (χ0v) is 21.3. The normalized spacial score (nSPS) is 13.0. The van der Waals surface area contributed by atoms with Gasteiger partial charge >= 0.3 is 0 Å². The van der Waals surface area contributed by atoms with Gasteiger partial charge in [0.25, 0.3) is 5.69 Å². The van der Waals surface area contributed by atoms with E-state index in [0.29, 0.717) is 18.7 Å². The Morgan fingerprint density at radius 2 is 1.94 bits per heavy atom. The molecule has 0 aliphatic carbocycles. The minimum absolute atomic E-state index is 0.202. The van der Waals surface area contributed by atoms with Crippen molar-refractivity contribution < 1.29 is 4.92 Å². The number of nitrogens with zero attached hydrogens (tertiary/aromatic N) is 5. The second-order valence-electron chi connectivity index (χ2n) is 9.90. The molecule has 0 spiro atoms.